The number of benzene rings is 1. The van der Waals surface area contributed by atoms with Crippen LogP contribution in [0.1, 0.15) is 19.4 Å². The molecule has 1 aromatic carbocycles. The quantitative estimate of drug-likeness (QED) is 0.779. The smallest absolute Gasteiger partial charge is 0.0637 e. The van der Waals surface area contributed by atoms with Crippen LogP contribution in [0, 0.1) is 12.8 Å². The van der Waals surface area contributed by atoms with E-state index in [0.29, 0.717) is 5.92 Å². The number of aryl methyl sites for hydroxylation is 1. The first kappa shape index (κ1) is 10.4. The zero-order valence-corrected chi connectivity index (χ0v) is 9.15. The molecule has 13 heavy (non-hydrogen) atoms. The molecule has 0 aromatic heterocycles. The summed E-state index contributed by atoms with van der Waals surface area (Å²) in [5.74, 6) is 0.636. The minimum atomic E-state index is 0.636. The van der Waals surface area contributed by atoms with E-state index in [1.165, 1.54) is 5.56 Å². The van der Waals surface area contributed by atoms with Crippen LogP contribution in [0.4, 0.5) is 5.69 Å². The topological polar surface area (TPSA) is 12.0 Å². The number of anilines is 1. The zero-order chi connectivity index (χ0) is 9.84. The van der Waals surface area contributed by atoms with Crippen LogP contribution >= 0.6 is 11.6 Å². The highest BCUT2D eigenvalue weighted by Crippen LogP contribution is 2.22. The molecule has 0 fully saturated rings. The van der Waals surface area contributed by atoms with Gasteiger partial charge >= 0.3 is 0 Å². The van der Waals surface area contributed by atoms with E-state index in [-0.39, 0.29) is 0 Å². The summed E-state index contributed by atoms with van der Waals surface area (Å²) in [6.07, 6.45) is 0. The molecule has 0 heterocycles. The van der Waals surface area contributed by atoms with E-state index < -0.39 is 0 Å². The van der Waals surface area contributed by atoms with Gasteiger partial charge in [-0.25, -0.2) is 0 Å². The van der Waals surface area contributed by atoms with E-state index in [1.807, 2.05) is 12.1 Å². The van der Waals surface area contributed by atoms with E-state index in [4.69, 9.17) is 11.6 Å². The van der Waals surface area contributed by atoms with Crippen molar-refractivity contribution in [2.24, 2.45) is 5.92 Å². The second kappa shape index (κ2) is 4.52. The molecule has 0 saturated heterocycles. The molecule has 72 valence electrons. The van der Waals surface area contributed by atoms with E-state index in [0.717, 1.165) is 17.3 Å². The second-order valence-electron chi connectivity index (χ2n) is 3.76. The molecule has 0 atom stereocenters. The van der Waals surface area contributed by atoms with Gasteiger partial charge in [-0.1, -0.05) is 31.5 Å². The third-order valence-electron chi connectivity index (χ3n) is 1.82. The Bertz CT molecular complexity index is 281. The van der Waals surface area contributed by atoms with Crippen molar-refractivity contribution in [3.05, 3.63) is 28.8 Å². The van der Waals surface area contributed by atoms with Gasteiger partial charge in [0.1, 0.15) is 0 Å². The maximum Gasteiger partial charge on any atom is 0.0637 e. The van der Waals surface area contributed by atoms with Crippen molar-refractivity contribution in [3.8, 4) is 0 Å². The van der Waals surface area contributed by atoms with Crippen molar-refractivity contribution in [1.29, 1.82) is 0 Å². The number of halogens is 1. The Morgan fingerprint density at radius 1 is 1.38 bits per heavy atom. The molecule has 0 bridgehead atoms. The van der Waals surface area contributed by atoms with Gasteiger partial charge in [0.2, 0.25) is 0 Å². The summed E-state index contributed by atoms with van der Waals surface area (Å²) in [6.45, 7) is 7.38. The molecule has 0 spiro atoms. The molecule has 0 aliphatic carbocycles. The van der Waals surface area contributed by atoms with Gasteiger partial charge in [0, 0.05) is 6.54 Å². The predicted octanol–water partition coefficient (Wildman–Crippen LogP) is 3.72. The minimum absolute atomic E-state index is 0.636. The summed E-state index contributed by atoms with van der Waals surface area (Å²) in [5.41, 5.74) is 2.27. The third kappa shape index (κ3) is 3.27. The van der Waals surface area contributed by atoms with Gasteiger partial charge in [-0.3, -0.25) is 0 Å². The number of rotatable bonds is 3. The Kier molecular flexibility index (Phi) is 3.61. The molecule has 0 amide bonds. The Hall–Kier alpha value is -0.690. The van der Waals surface area contributed by atoms with Gasteiger partial charge in [-0.05, 0) is 30.5 Å². The average molecular weight is 198 g/mol. The lowest BCUT2D eigenvalue weighted by Gasteiger charge is -2.10. The first-order valence-electron chi connectivity index (χ1n) is 4.59. The Morgan fingerprint density at radius 2 is 2.08 bits per heavy atom. The van der Waals surface area contributed by atoms with Crippen LogP contribution in [-0.2, 0) is 0 Å². The summed E-state index contributed by atoms with van der Waals surface area (Å²) in [4.78, 5) is 0. The van der Waals surface area contributed by atoms with Crippen LogP contribution in [-0.4, -0.2) is 6.54 Å². The van der Waals surface area contributed by atoms with Gasteiger partial charge < -0.3 is 5.32 Å². The average Bonchev–Trinajstić information content (AvgIpc) is 2.06. The van der Waals surface area contributed by atoms with E-state index >= 15 is 0 Å². The van der Waals surface area contributed by atoms with Crippen LogP contribution < -0.4 is 5.32 Å². The number of nitrogens with one attached hydrogen (secondary N) is 1. The van der Waals surface area contributed by atoms with Crippen LogP contribution in [0.25, 0.3) is 0 Å². The second-order valence-corrected chi connectivity index (χ2v) is 4.17. The molecule has 0 aliphatic heterocycles. The van der Waals surface area contributed by atoms with Crippen molar-refractivity contribution < 1.29 is 0 Å². The Morgan fingerprint density at radius 3 is 2.69 bits per heavy atom. The summed E-state index contributed by atoms with van der Waals surface area (Å²) in [6, 6.07) is 6.02. The molecular formula is C11H16ClN. The van der Waals surface area contributed by atoms with Crippen molar-refractivity contribution >= 4 is 17.3 Å². The predicted molar refractivity (Wildman–Crippen MR) is 59.5 cm³/mol. The summed E-state index contributed by atoms with van der Waals surface area (Å²) in [7, 11) is 0. The van der Waals surface area contributed by atoms with E-state index in [1.54, 1.807) is 0 Å². The van der Waals surface area contributed by atoms with Crippen LogP contribution in [0.3, 0.4) is 0 Å². The normalized spacial score (nSPS) is 10.5. The Labute approximate surface area is 85.1 Å². The van der Waals surface area contributed by atoms with Gasteiger partial charge in [-0.2, -0.15) is 0 Å². The van der Waals surface area contributed by atoms with Crippen molar-refractivity contribution in [1.82, 2.24) is 0 Å². The molecule has 0 radical (unpaired) electrons. The lowest BCUT2D eigenvalue weighted by atomic mass is 10.2. The zero-order valence-electron chi connectivity index (χ0n) is 8.39. The van der Waals surface area contributed by atoms with Crippen LogP contribution in [0.15, 0.2) is 18.2 Å². The van der Waals surface area contributed by atoms with Crippen LogP contribution in [0.2, 0.25) is 5.02 Å². The largest absolute Gasteiger partial charge is 0.384 e. The molecule has 0 unspecified atom stereocenters. The number of hydrogen-bond acceptors (Lipinski definition) is 1. The molecule has 0 saturated carbocycles. The van der Waals surface area contributed by atoms with Crippen LogP contribution in [0.5, 0.6) is 0 Å². The van der Waals surface area contributed by atoms with E-state index in [9.17, 15) is 0 Å². The SMILES string of the molecule is Cc1ccc(Cl)c(NCC(C)C)c1. The molecule has 2 heteroatoms. The molecule has 1 N–H and O–H groups in total. The van der Waals surface area contributed by atoms with Gasteiger partial charge in [-0.15, -0.1) is 0 Å². The lowest BCUT2D eigenvalue weighted by Crippen LogP contribution is -2.08. The standard InChI is InChI=1S/C11H16ClN/c1-8(2)7-13-11-6-9(3)4-5-10(11)12/h4-6,8,13H,7H2,1-3H3. The monoisotopic (exact) mass is 197 g/mol. The van der Waals surface area contributed by atoms with E-state index in [2.05, 4.69) is 32.2 Å². The fourth-order valence-electron chi connectivity index (χ4n) is 1.09. The van der Waals surface area contributed by atoms with Crippen molar-refractivity contribution in [2.45, 2.75) is 20.8 Å². The van der Waals surface area contributed by atoms with Crippen molar-refractivity contribution in [2.75, 3.05) is 11.9 Å². The molecular weight excluding hydrogens is 182 g/mol. The van der Waals surface area contributed by atoms with Gasteiger partial charge in [0.05, 0.1) is 10.7 Å². The maximum atomic E-state index is 6.02. The summed E-state index contributed by atoms with van der Waals surface area (Å²) >= 11 is 6.02. The van der Waals surface area contributed by atoms with Crippen molar-refractivity contribution in [3.63, 3.8) is 0 Å². The number of hydrogen-bond donors (Lipinski definition) is 1. The van der Waals surface area contributed by atoms with Gasteiger partial charge in [0.15, 0.2) is 0 Å². The molecule has 1 rings (SSSR count). The highest BCUT2D eigenvalue weighted by Gasteiger charge is 2.00. The first-order valence-corrected chi connectivity index (χ1v) is 4.97. The highest BCUT2D eigenvalue weighted by molar-refractivity contribution is 6.33. The lowest BCUT2D eigenvalue weighted by molar-refractivity contribution is 0.689. The summed E-state index contributed by atoms with van der Waals surface area (Å²) in [5, 5.41) is 4.12. The fourth-order valence-corrected chi connectivity index (χ4v) is 1.27. The fraction of sp³-hybridized carbons (Fsp3) is 0.455. The first-order chi connectivity index (χ1) is 6.09. The molecule has 1 nitrogen and oxygen atoms in total. The molecule has 1 aromatic rings. The highest BCUT2D eigenvalue weighted by atomic mass is 35.5. The Balaban J connectivity index is 2.70. The van der Waals surface area contributed by atoms with Gasteiger partial charge in [0.25, 0.3) is 0 Å². The third-order valence-corrected chi connectivity index (χ3v) is 2.15. The minimum Gasteiger partial charge on any atom is -0.384 e. The maximum absolute atomic E-state index is 6.02. The summed E-state index contributed by atoms with van der Waals surface area (Å²) < 4.78 is 0. The molecule has 0 aliphatic rings.